The van der Waals surface area contributed by atoms with Gasteiger partial charge >= 0.3 is 0 Å². The SMILES string of the molecule is [2H]c1c([2H])c(C(=O)Cc2ncc3ccc(-c4cnc(C)n4C)cc3n2)c([2H])c([2H])c1OC. The lowest BCUT2D eigenvalue weighted by Gasteiger charge is -2.07. The number of ether oxygens (including phenoxy) is 1. The highest BCUT2D eigenvalue weighted by molar-refractivity contribution is 5.97. The van der Waals surface area contributed by atoms with Gasteiger partial charge in [0.05, 0.1) is 36.4 Å². The van der Waals surface area contributed by atoms with Crippen LogP contribution in [0.15, 0.2) is 54.8 Å². The van der Waals surface area contributed by atoms with Crippen LogP contribution in [0.3, 0.4) is 0 Å². The van der Waals surface area contributed by atoms with Gasteiger partial charge in [-0.1, -0.05) is 12.1 Å². The van der Waals surface area contributed by atoms with Crippen LogP contribution >= 0.6 is 0 Å². The summed E-state index contributed by atoms with van der Waals surface area (Å²) in [5, 5.41) is 0.803. The zero-order valence-corrected chi connectivity index (χ0v) is 15.7. The Bertz CT molecular complexity index is 1360. The fraction of sp³-hybridized carbons (Fsp3) is 0.182. The summed E-state index contributed by atoms with van der Waals surface area (Å²) in [6.07, 6.45) is 3.15. The maximum atomic E-state index is 12.9. The van der Waals surface area contributed by atoms with E-state index in [1.165, 1.54) is 7.11 Å². The maximum absolute atomic E-state index is 12.9. The smallest absolute Gasteiger partial charge is 0.170 e. The van der Waals surface area contributed by atoms with Crippen LogP contribution in [0.1, 0.15) is 27.5 Å². The fourth-order valence-corrected chi connectivity index (χ4v) is 2.85. The third-order valence-electron chi connectivity index (χ3n) is 4.55. The first kappa shape index (κ1) is 13.6. The van der Waals surface area contributed by atoms with Gasteiger partial charge in [-0.15, -0.1) is 0 Å². The largest absolute Gasteiger partial charge is 0.497 e. The van der Waals surface area contributed by atoms with Crippen LogP contribution < -0.4 is 4.74 Å². The first-order chi connectivity index (χ1) is 15.2. The van der Waals surface area contributed by atoms with E-state index in [1.54, 1.807) is 12.4 Å². The summed E-state index contributed by atoms with van der Waals surface area (Å²) in [7, 11) is 3.19. The van der Waals surface area contributed by atoms with Gasteiger partial charge < -0.3 is 9.30 Å². The van der Waals surface area contributed by atoms with Crippen molar-refractivity contribution in [3.05, 3.63) is 72.0 Å². The van der Waals surface area contributed by atoms with E-state index in [2.05, 4.69) is 15.0 Å². The molecule has 0 atom stereocenters. The van der Waals surface area contributed by atoms with E-state index in [0.717, 1.165) is 22.5 Å². The van der Waals surface area contributed by atoms with Crippen LogP contribution in [0.2, 0.25) is 0 Å². The van der Waals surface area contributed by atoms with Gasteiger partial charge in [-0.05, 0) is 37.2 Å². The Morgan fingerprint density at radius 2 is 1.96 bits per heavy atom. The molecule has 6 heteroatoms. The predicted octanol–water partition coefficient (Wildman–Crippen LogP) is 3.77. The molecule has 2 heterocycles. The summed E-state index contributed by atoms with van der Waals surface area (Å²) >= 11 is 0. The number of hydrogen-bond acceptors (Lipinski definition) is 5. The van der Waals surface area contributed by atoms with Crippen LogP contribution in [0.4, 0.5) is 0 Å². The zero-order chi connectivity index (χ0) is 23.2. The molecule has 28 heavy (non-hydrogen) atoms. The molecule has 140 valence electrons. The molecule has 0 bridgehead atoms. The normalized spacial score (nSPS) is 13.0. The molecule has 0 aliphatic carbocycles. The maximum Gasteiger partial charge on any atom is 0.170 e. The highest BCUT2D eigenvalue weighted by Gasteiger charge is 2.11. The number of carbonyl (C=O) groups is 1. The van der Waals surface area contributed by atoms with Crippen LogP contribution in [-0.4, -0.2) is 32.4 Å². The summed E-state index contributed by atoms with van der Waals surface area (Å²) in [5.74, 6) is 0.320. The summed E-state index contributed by atoms with van der Waals surface area (Å²) in [5.41, 5.74) is 2.20. The van der Waals surface area contributed by atoms with Gasteiger partial charge in [-0.25, -0.2) is 15.0 Å². The number of imidazole rings is 1. The van der Waals surface area contributed by atoms with Crippen LogP contribution in [0, 0.1) is 6.92 Å². The number of aromatic nitrogens is 4. The van der Waals surface area contributed by atoms with Crippen molar-refractivity contribution >= 4 is 16.7 Å². The van der Waals surface area contributed by atoms with Gasteiger partial charge in [0.2, 0.25) is 0 Å². The summed E-state index contributed by atoms with van der Waals surface area (Å²) in [4.78, 5) is 26.0. The number of carbonyl (C=O) groups excluding carboxylic acids is 1. The minimum absolute atomic E-state index is 0.198. The molecule has 0 aliphatic rings. The Morgan fingerprint density at radius 1 is 1.18 bits per heavy atom. The lowest BCUT2D eigenvalue weighted by Crippen LogP contribution is -2.07. The third-order valence-corrected chi connectivity index (χ3v) is 4.55. The molecule has 0 saturated carbocycles. The van der Waals surface area contributed by atoms with E-state index >= 15 is 0 Å². The van der Waals surface area contributed by atoms with E-state index in [1.807, 2.05) is 36.7 Å². The van der Waals surface area contributed by atoms with Crippen LogP contribution in [0.25, 0.3) is 22.2 Å². The van der Waals surface area contributed by atoms with Crippen LogP contribution in [-0.2, 0) is 13.5 Å². The molecule has 2 aromatic heterocycles. The quantitative estimate of drug-likeness (QED) is 0.496. The summed E-state index contributed by atoms with van der Waals surface area (Å²) < 4.78 is 39.1. The number of methoxy groups -OCH3 is 1. The molecular weight excluding hydrogens is 352 g/mol. The number of hydrogen-bond donors (Lipinski definition) is 0. The van der Waals surface area contributed by atoms with Gasteiger partial charge in [-0.2, -0.15) is 0 Å². The molecule has 0 aliphatic heterocycles. The van der Waals surface area contributed by atoms with Crippen molar-refractivity contribution in [1.82, 2.24) is 19.5 Å². The molecule has 0 amide bonds. The van der Waals surface area contributed by atoms with E-state index in [0.29, 0.717) is 5.52 Å². The first-order valence-electron chi connectivity index (χ1n) is 10.6. The van der Waals surface area contributed by atoms with Gasteiger partial charge in [-0.3, -0.25) is 4.79 Å². The second kappa shape index (κ2) is 7.23. The Balaban J connectivity index is 1.71. The van der Waals surface area contributed by atoms with Crippen molar-refractivity contribution < 1.29 is 15.0 Å². The monoisotopic (exact) mass is 376 g/mol. The molecule has 0 saturated heterocycles. The second-order valence-corrected chi connectivity index (χ2v) is 6.32. The molecular formula is C22H20N4O2. The highest BCUT2D eigenvalue weighted by Crippen LogP contribution is 2.24. The molecule has 2 aromatic carbocycles. The van der Waals surface area contributed by atoms with Gasteiger partial charge in [0.15, 0.2) is 5.78 Å². The molecule has 0 unspecified atom stereocenters. The second-order valence-electron chi connectivity index (χ2n) is 6.32. The topological polar surface area (TPSA) is 69.9 Å². The Morgan fingerprint density at radius 3 is 2.64 bits per heavy atom. The standard InChI is InChI=1S/C22H20N4O2/c1-14-23-13-20(26(14)2)16-4-5-17-12-24-22(25-19(17)10-16)11-21(27)15-6-8-18(28-3)9-7-15/h4-10,12-13H,11H2,1-3H3/i6D,7D,8D,9D. The van der Waals surface area contributed by atoms with E-state index in [4.69, 9.17) is 10.2 Å². The molecule has 4 rings (SSSR count). The Hall–Kier alpha value is -3.54. The number of Topliss-reactive ketones (excluding diaryl/α,β-unsaturated/α-hetero) is 1. The number of nitrogens with zero attached hydrogens (tertiary/aromatic N) is 4. The van der Waals surface area contributed by atoms with Gasteiger partial charge in [0, 0.05) is 29.8 Å². The summed E-state index contributed by atoms with van der Waals surface area (Å²) in [6.45, 7) is 1.92. The summed E-state index contributed by atoms with van der Waals surface area (Å²) in [6, 6.07) is 4.06. The number of fused-ring (bicyclic) bond motifs is 1. The fourth-order valence-electron chi connectivity index (χ4n) is 2.85. The molecule has 4 aromatic rings. The lowest BCUT2D eigenvalue weighted by molar-refractivity contribution is 0.0991. The third kappa shape index (κ3) is 3.36. The lowest BCUT2D eigenvalue weighted by atomic mass is 10.1. The predicted molar refractivity (Wildman–Crippen MR) is 108 cm³/mol. The van der Waals surface area contributed by atoms with E-state index in [9.17, 15) is 4.79 Å². The molecule has 0 fully saturated rings. The number of rotatable bonds is 5. The van der Waals surface area contributed by atoms with Crippen molar-refractivity contribution in [2.75, 3.05) is 7.11 Å². The highest BCUT2D eigenvalue weighted by atomic mass is 16.5. The number of aryl methyl sites for hydroxylation is 1. The number of benzene rings is 2. The van der Waals surface area contributed by atoms with Gasteiger partial charge in [0.1, 0.15) is 17.4 Å². The Labute approximate surface area is 168 Å². The minimum Gasteiger partial charge on any atom is -0.497 e. The van der Waals surface area contributed by atoms with Gasteiger partial charge in [0.25, 0.3) is 0 Å². The van der Waals surface area contributed by atoms with E-state index in [-0.39, 0.29) is 23.6 Å². The Kier molecular flexibility index (Phi) is 3.51. The molecule has 0 radical (unpaired) electrons. The van der Waals surface area contributed by atoms with Crippen molar-refractivity contribution in [2.24, 2.45) is 7.05 Å². The zero-order valence-electron chi connectivity index (χ0n) is 19.7. The minimum atomic E-state index is -0.595. The van der Waals surface area contributed by atoms with Crippen LogP contribution in [0.5, 0.6) is 5.75 Å². The molecule has 6 nitrogen and oxygen atoms in total. The average Bonchev–Trinajstić information content (AvgIpc) is 3.11. The molecule has 0 N–H and O–H groups in total. The van der Waals surface area contributed by atoms with Crippen molar-refractivity contribution in [1.29, 1.82) is 0 Å². The van der Waals surface area contributed by atoms with Crippen molar-refractivity contribution in [2.45, 2.75) is 13.3 Å². The van der Waals surface area contributed by atoms with E-state index < -0.39 is 30.0 Å². The number of ketones is 1. The molecule has 0 spiro atoms. The van der Waals surface area contributed by atoms with Crippen molar-refractivity contribution in [3.63, 3.8) is 0 Å². The average molecular weight is 376 g/mol. The first-order valence-corrected chi connectivity index (χ1v) is 8.64. The van der Waals surface area contributed by atoms with Crippen molar-refractivity contribution in [3.8, 4) is 17.0 Å².